The molecule has 0 saturated heterocycles. The van der Waals surface area contributed by atoms with Crippen molar-refractivity contribution in [2.24, 2.45) is 5.73 Å². The highest BCUT2D eigenvalue weighted by Gasteiger charge is 2.42. The highest BCUT2D eigenvalue weighted by molar-refractivity contribution is 5.43. The van der Waals surface area contributed by atoms with Crippen LogP contribution in [0.1, 0.15) is 17.5 Å². The van der Waals surface area contributed by atoms with Crippen molar-refractivity contribution in [3.8, 4) is 5.75 Å². The second-order valence-electron chi connectivity index (χ2n) is 5.66. The van der Waals surface area contributed by atoms with Crippen LogP contribution < -0.4 is 10.5 Å². The lowest BCUT2D eigenvalue weighted by molar-refractivity contribution is 0.0545. The zero-order valence-corrected chi connectivity index (χ0v) is 12.0. The molecule has 2 atom stereocenters. The highest BCUT2D eigenvalue weighted by atomic mass is 16.5. The second kappa shape index (κ2) is 5.88. The summed E-state index contributed by atoms with van der Waals surface area (Å²) in [7, 11) is 0. The topological polar surface area (TPSA) is 55.5 Å². The summed E-state index contributed by atoms with van der Waals surface area (Å²) in [6, 6.07) is 18.0. The molecule has 3 heteroatoms. The lowest BCUT2D eigenvalue weighted by Crippen LogP contribution is -2.50. The lowest BCUT2D eigenvalue weighted by Gasteiger charge is -2.41. The largest absolute Gasteiger partial charge is 0.493 e. The first-order valence-corrected chi connectivity index (χ1v) is 7.40. The van der Waals surface area contributed by atoms with Crippen molar-refractivity contribution in [1.82, 2.24) is 0 Å². The summed E-state index contributed by atoms with van der Waals surface area (Å²) in [5, 5.41) is 10.9. The predicted octanol–water partition coefficient (Wildman–Crippen LogP) is 2.27. The van der Waals surface area contributed by atoms with E-state index in [4.69, 9.17) is 10.5 Å². The molecule has 0 aliphatic carbocycles. The van der Waals surface area contributed by atoms with Gasteiger partial charge in [0.1, 0.15) is 5.75 Å². The summed E-state index contributed by atoms with van der Waals surface area (Å²) < 4.78 is 5.71. The number of hydrogen-bond acceptors (Lipinski definition) is 3. The minimum atomic E-state index is -0.519. The molecule has 0 aromatic heterocycles. The Kier molecular flexibility index (Phi) is 3.95. The fraction of sp³-hybridized carbons (Fsp3) is 0.333. The molecule has 1 aliphatic rings. The third-order valence-electron chi connectivity index (χ3n) is 4.50. The van der Waals surface area contributed by atoms with Gasteiger partial charge in [-0.15, -0.1) is 0 Å². The third-order valence-corrected chi connectivity index (χ3v) is 4.50. The van der Waals surface area contributed by atoms with Crippen LogP contribution in [0.3, 0.4) is 0 Å². The average molecular weight is 283 g/mol. The number of nitrogens with two attached hydrogens (primary N) is 1. The van der Waals surface area contributed by atoms with Crippen LogP contribution in [-0.2, 0) is 11.8 Å². The molecule has 0 spiro atoms. The molecular formula is C18H21NO2. The van der Waals surface area contributed by atoms with Crippen LogP contribution in [0.2, 0.25) is 0 Å². The van der Waals surface area contributed by atoms with Crippen molar-refractivity contribution in [2.45, 2.75) is 24.4 Å². The number of aliphatic hydroxyl groups is 1. The van der Waals surface area contributed by atoms with E-state index in [2.05, 4.69) is 0 Å². The number of fused-ring (bicyclic) bond motifs is 1. The summed E-state index contributed by atoms with van der Waals surface area (Å²) in [4.78, 5) is 0. The molecule has 1 heterocycles. The Morgan fingerprint density at radius 2 is 1.81 bits per heavy atom. The zero-order valence-electron chi connectivity index (χ0n) is 12.0. The van der Waals surface area contributed by atoms with Crippen molar-refractivity contribution < 1.29 is 9.84 Å². The molecule has 3 rings (SSSR count). The molecule has 0 radical (unpaired) electrons. The van der Waals surface area contributed by atoms with Crippen LogP contribution in [0.5, 0.6) is 5.75 Å². The smallest absolute Gasteiger partial charge is 0.123 e. The maximum absolute atomic E-state index is 10.9. The second-order valence-corrected chi connectivity index (χ2v) is 5.66. The van der Waals surface area contributed by atoms with Crippen molar-refractivity contribution in [3.05, 3.63) is 65.7 Å². The monoisotopic (exact) mass is 283 g/mol. The van der Waals surface area contributed by atoms with Gasteiger partial charge in [0.05, 0.1) is 12.7 Å². The van der Waals surface area contributed by atoms with Crippen LogP contribution in [0.4, 0.5) is 0 Å². The summed E-state index contributed by atoms with van der Waals surface area (Å²) >= 11 is 0. The van der Waals surface area contributed by atoms with Crippen molar-refractivity contribution in [3.63, 3.8) is 0 Å². The molecule has 0 amide bonds. The van der Waals surface area contributed by atoms with Crippen LogP contribution in [0.25, 0.3) is 0 Å². The van der Waals surface area contributed by atoms with Gasteiger partial charge in [0.25, 0.3) is 0 Å². The fourth-order valence-corrected chi connectivity index (χ4v) is 3.21. The van der Waals surface area contributed by atoms with E-state index >= 15 is 0 Å². The zero-order chi connectivity index (χ0) is 14.7. The molecule has 2 unspecified atom stereocenters. The maximum atomic E-state index is 10.9. The number of benzene rings is 2. The molecule has 0 saturated carbocycles. The Bertz CT molecular complexity index is 599. The van der Waals surface area contributed by atoms with Gasteiger partial charge in [0, 0.05) is 17.5 Å². The first-order chi connectivity index (χ1) is 10.3. The quantitative estimate of drug-likeness (QED) is 0.905. The van der Waals surface area contributed by atoms with Crippen molar-refractivity contribution in [1.29, 1.82) is 0 Å². The summed E-state index contributed by atoms with van der Waals surface area (Å²) in [6.45, 7) is 1.02. The van der Waals surface area contributed by atoms with Gasteiger partial charge < -0.3 is 15.6 Å². The molecule has 0 bridgehead atoms. The Morgan fingerprint density at radius 1 is 1.10 bits per heavy atom. The Hall–Kier alpha value is -1.84. The fourth-order valence-electron chi connectivity index (χ4n) is 3.21. The lowest BCUT2D eigenvalue weighted by atomic mass is 9.70. The molecule has 0 fully saturated rings. The van der Waals surface area contributed by atoms with E-state index < -0.39 is 11.5 Å². The molecule has 21 heavy (non-hydrogen) atoms. The number of aliphatic hydroxyl groups excluding tert-OH is 1. The summed E-state index contributed by atoms with van der Waals surface area (Å²) in [5.41, 5.74) is 7.82. The molecule has 1 aliphatic heterocycles. The summed E-state index contributed by atoms with van der Waals surface area (Å²) in [6.07, 6.45) is 0.830. The first-order valence-electron chi connectivity index (χ1n) is 7.40. The van der Waals surface area contributed by atoms with Crippen molar-refractivity contribution >= 4 is 0 Å². The van der Waals surface area contributed by atoms with Gasteiger partial charge >= 0.3 is 0 Å². The predicted molar refractivity (Wildman–Crippen MR) is 83.4 cm³/mol. The van der Waals surface area contributed by atoms with Gasteiger partial charge in [-0.3, -0.25) is 0 Å². The van der Waals surface area contributed by atoms with E-state index in [-0.39, 0.29) is 0 Å². The van der Waals surface area contributed by atoms with Gasteiger partial charge in [0.2, 0.25) is 0 Å². The minimum absolute atomic E-state index is 0.418. The van der Waals surface area contributed by atoms with E-state index in [1.165, 1.54) is 0 Å². The van der Waals surface area contributed by atoms with Gasteiger partial charge in [-0.05, 0) is 24.5 Å². The van der Waals surface area contributed by atoms with E-state index in [9.17, 15) is 5.11 Å². The standard InChI is InChI=1S/C18H21NO2/c19-13-18(17(20)12-14-6-2-1-3-7-14)10-11-21-16-9-5-4-8-15(16)18/h1-9,17,20H,10-13,19H2. The van der Waals surface area contributed by atoms with E-state index in [1.54, 1.807) is 0 Å². The Labute approximate surface area is 125 Å². The molecule has 3 nitrogen and oxygen atoms in total. The Morgan fingerprint density at radius 3 is 2.57 bits per heavy atom. The molecule has 2 aromatic rings. The van der Waals surface area contributed by atoms with E-state index in [0.717, 1.165) is 23.3 Å². The molecule has 2 aromatic carbocycles. The molecular weight excluding hydrogens is 262 g/mol. The number of rotatable bonds is 4. The minimum Gasteiger partial charge on any atom is -0.493 e. The number of ether oxygens (including phenoxy) is 1. The van der Waals surface area contributed by atoms with Gasteiger partial charge in [-0.1, -0.05) is 48.5 Å². The maximum Gasteiger partial charge on any atom is 0.123 e. The molecule has 3 N–H and O–H groups in total. The molecule has 110 valence electrons. The van der Waals surface area contributed by atoms with Crippen LogP contribution in [0, 0.1) is 0 Å². The van der Waals surface area contributed by atoms with E-state index in [1.807, 2.05) is 54.6 Å². The van der Waals surface area contributed by atoms with Crippen LogP contribution in [-0.4, -0.2) is 24.4 Å². The first kappa shape index (κ1) is 14.1. The Balaban J connectivity index is 1.94. The average Bonchev–Trinajstić information content (AvgIpc) is 2.55. The number of hydrogen-bond donors (Lipinski definition) is 2. The van der Waals surface area contributed by atoms with Gasteiger partial charge in [0.15, 0.2) is 0 Å². The van der Waals surface area contributed by atoms with Crippen molar-refractivity contribution in [2.75, 3.05) is 13.2 Å². The SMILES string of the molecule is NCC1(C(O)Cc2ccccc2)CCOc2ccccc21. The highest BCUT2D eigenvalue weighted by Crippen LogP contribution is 2.41. The van der Waals surface area contributed by atoms with Crippen LogP contribution >= 0.6 is 0 Å². The van der Waals surface area contributed by atoms with Gasteiger partial charge in [-0.2, -0.15) is 0 Å². The van der Waals surface area contributed by atoms with Gasteiger partial charge in [-0.25, -0.2) is 0 Å². The normalized spacial score (nSPS) is 22.2. The number of para-hydroxylation sites is 1. The van der Waals surface area contributed by atoms with Crippen LogP contribution in [0.15, 0.2) is 54.6 Å². The van der Waals surface area contributed by atoms with E-state index in [0.29, 0.717) is 19.6 Å². The third kappa shape index (κ3) is 2.55. The summed E-state index contributed by atoms with van der Waals surface area (Å²) in [5.74, 6) is 0.848.